The van der Waals surface area contributed by atoms with Crippen molar-refractivity contribution < 1.29 is 19.1 Å². The van der Waals surface area contributed by atoms with E-state index >= 15 is 0 Å². The van der Waals surface area contributed by atoms with Crippen molar-refractivity contribution in [2.75, 3.05) is 38.1 Å². The fourth-order valence-electron chi connectivity index (χ4n) is 4.40. The predicted molar refractivity (Wildman–Crippen MR) is 122 cm³/mol. The summed E-state index contributed by atoms with van der Waals surface area (Å²) < 4.78 is 11.1. The van der Waals surface area contributed by atoms with Gasteiger partial charge >= 0.3 is 6.01 Å². The zero-order valence-electron chi connectivity index (χ0n) is 18.5. The third kappa shape index (κ3) is 4.84. The Bertz CT molecular complexity index is 1150. The second-order valence-corrected chi connectivity index (χ2v) is 8.47. The molecule has 3 heterocycles. The summed E-state index contributed by atoms with van der Waals surface area (Å²) in [6.45, 7) is 4.98. The van der Waals surface area contributed by atoms with Crippen molar-refractivity contribution >= 4 is 17.6 Å². The number of rotatable bonds is 6. The number of nitrogens with one attached hydrogen (secondary N) is 1. The SMILES string of the molecule is Cc1nnc(Nc2ccc3c(c2)C(=O)N(CC(O)CN2CCc4ccccc4C2)CCO3)o1. The van der Waals surface area contributed by atoms with Gasteiger partial charge in [-0.3, -0.25) is 9.69 Å². The Labute approximate surface area is 192 Å². The lowest BCUT2D eigenvalue weighted by molar-refractivity contribution is 0.0501. The van der Waals surface area contributed by atoms with Crippen LogP contribution in [-0.4, -0.2) is 69.9 Å². The number of aliphatic hydroxyl groups is 1. The zero-order chi connectivity index (χ0) is 22.8. The molecule has 0 saturated carbocycles. The monoisotopic (exact) mass is 449 g/mol. The van der Waals surface area contributed by atoms with Gasteiger partial charge in [0.25, 0.3) is 5.91 Å². The van der Waals surface area contributed by atoms with Crippen LogP contribution in [0, 0.1) is 6.92 Å². The van der Waals surface area contributed by atoms with Crippen LogP contribution in [0.2, 0.25) is 0 Å². The van der Waals surface area contributed by atoms with E-state index in [0.717, 1.165) is 19.5 Å². The minimum Gasteiger partial charge on any atom is -0.491 e. The van der Waals surface area contributed by atoms with Gasteiger partial charge in [0, 0.05) is 38.8 Å². The maximum atomic E-state index is 13.3. The highest BCUT2D eigenvalue weighted by atomic mass is 16.5. The van der Waals surface area contributed by atoms with Crippen LogP contribution in [0.3, 0.4) is 0 Å². The van der Waals surface area contributed by atoms with Gasteiger partial charge < -0.3 is 24.5 Å². The van der Waals surface area contributed by atoms with Crippen LogP contribution >= 0.6 is 0 Å². The number of nitrogens with zero attached hydrogens (tertiary/aromatic N) is 4. The molecule has 33 heavy (non-hydrogen) atoms. The molecule has 2 aliphatic rings. The standard InChI is InChI=1S/C24H27N5O4/c1-16-26-27-24(33-16)25-19-6-7-22-21(12-19)23(31)29(10-11-32-22)15-20(30)14-28-9-8-17-4-2-3-5-18(17)13-28/h2-7,12,20,30H,8-11,13-15H2,1H3,(H,25,27). The van der Waals surface area contributed by atoms with Crippen molar-refractivity contribution in [3.05, 3.63) is 65.0 Å². The predicted octanol–water partition coefficient (Wildman–Crippen LogP) is 2.38. The minimum absolute atomic E-state index is 0.170. The molecule has 1 amide bonds. The van der Waals surface area contributed by atoms with Gasteiger partial charge in [0.1, 0.15) is 12.4 Å². The van der Waals surface area contributed by atoms with E-state index < -0.39 is 6.10 Å². The number of hydrogen-bond donors (Lipinski definition) is 2. The average Bonchev–Trinajstić information content (AvgIpc) is 3.16. The van der Waals surface area contributed by atoms with Gasteiger partial charge in [0.2, 0.25) is 5.89 Å². The molecule has 1 aromatic heterocycles. The number of aliphatic hydroxyl groups excluding tert-OH is 1. The van der Waals surface area contributed by atoms with Crippen molar-refractivity contribution in [2.24, 2.45) is 0 Å². The smallest absolute Gasteiger partial charge is 0.320 e. The molecule has 0 aliphatic carbocycles. The number of fused-ring (bicyclic) bond motifs is 2. The Morgan fingerprint density at radius 1 is 1.12 bits per heavy atom. The molecule has 9 heteroatoms. The van der Waals surface area contributed by atoms with Crippen molar-refractivity contribution in [3.8, 4) is 5.75 Å². The first-order valence-corrected chi connectivity index (χ1v) is 11.2. The number of hydrogen-bond acceptors (Lipinski definition) is 8. The van der Waals surface area contributed by atoms with Gasteiger partial charge in [-0.1, -0.05) is 29.4 Å². The molecular formula is C24H27N5O4. The maximum absolute atomic E-state index is 13.3. The summed E-state index contributed by atoms with van der Waals surface area (Å²) in [5.41, 5.74) is 3.76. The average molecular weight is 450 g/mol. The molecule has 0 fully saturated rings. The normalized spacial score (nSPS) is 17.0. The number of β-amino-alcohol motifs (C(OH)–C–C–N with tert-alkyl or cyclic N) is 1. The van der Waals surface area contributed by atoms with Crippen molar-refractivity contribution in [3.63, 3.8) is 0 Å². The molecule has 1 unspecified atom stereocenters. The minimum atomic E-state index is -0.650. The molecule has 0 bridgehead atoms. The highest BCUT2D eigenvalue weighted by Gasteiger charge is 2.27. The zero-order valence-corrected chi connectivity index (χ0v) is 18.5. The molecule has 0 radical (unpaired) electrons. The van der Waals surface area contributed by atoms with Crippen LogP contribution in [0.15, 0.2) is 46.9 Å². The van der Waals surface area contributed by atoms with Crippen LogP contribution in [0.5, 0.6) is 5.75 Å². The van der Waals surface area contributed by atoms with Crippen LogP contribution in [0.4, 0.5) is 11.7 Å². The van der Waals surface area contributed by atoms with E-state index in [0.29, 0.717) is 42.6 Å². The number of amides is 1. The van der Waals surface area contributed by atoms with Crippen molar-refractivity contribution in [1.82, 2.24) is 20.0 Å². The Balaban J connectivity index is 1.24. The molecular weight excluding hydrogens is 422 g/mol. The third-order valence-electron chi connectivity index (χ3n) is 6.00. The van der Waals surface area contributed by atoms with Gasteiger partial charge in [0.05, 0.1) is 18.2 Å². The maximum Gasteiger partial charge on any atom is 0.320 e. The molecule has 0 spiro atoms. The Morgan fingerprint density at radius 2 is 1.97 bits per heavy atom. The quantitative estimate of drug-likeness (QED) is 0.591. The number of benzene rings is 2. The first-order chi connectivity index (χ1) is 16.0. The van der Waals surface area contributed by atoms with E-state index in [2.05, 4.69) is 44.7 Å². The molecule has 5 rings (SSSR count). The van der Waals surface area contributed by atoms with Crippen LogP contribution in [0.1, 0.15) is 27.4 Å². The van der Waals surface area contributed by atoms with Crippen molar-refractivity contribution in [1.29, 1.82) is 0 Å². The fourth-order valence-corrected chi connectivity index (χ4v) is 4.40. The van der Waals surface area contributed by atoms with E-state index in [1.807, 2.05) is 0 Å². The molecule has 1 atom stereocenters. The number of anilines is 2. The lowest BCUT2D eigenvalue weighted by Gasteiger charge is -2.32. The summed E-state index contributed by atoms with van der Waals surface area (Å²) in [6, 6.07) is 13.9. The summed E-state index contributed by atoms with van der Waals surface area (Å²) in [5.74, 6) is 0.803. The number of ether oxygens (including phenoxy) is 1. The lowest BCUT2D eigenvalue weighted by atomic mass is 10.00. The van der Waals surface area contributed by atoms with E-state index in [4.69, 9.17) is 9.15 Å². The molecule has 2 N–H and O–H groups in total. The molecule has 0 saturated heterocycles. The van der Waals surface area contributed by atoms with Gasteiger partial charge in [-0.05, 0) is 35.7 Å². The van der Waals surface area contributed by atoms with Crippen LogP contribution < -0.4 is 10.1 Å². The number of carbonyl (C=O) groups is 1. The van der Waals surface area contributed by atoms with Gasteiger partial charge in [-0.2, -0.15) is 0 Å². The molecule has 9 nitrogen and oxygen atoms in total. The number of aromatic nitrogens is 2. The summed E-state index contributed by atoms with van der Waals surface area (Å²) in [4.78, 5) is 17.2. The van der Waals surface area contributed by atoms with Crippen molar-refractivity contribution in [2.45, 2.75) is 26.0 Å². The van der Waals surface area contributed by atoms with E-state index in [1.54, 1.807) is 30.0 Å². The second kappa shape index (κ2) is 9.21. The molecule has 3 aromatic rings. The summed E-state index contributed by atoms with van der Waals surface area (Å²) in [6.07, 6.45) is 0.325. The third-order valence-corrected chi connectivity index (χ3v) is 6.00. The van der Waals surface area contributed by atoms with E-state index in [-0.39, 0.29) is 18.5 Å². The highest BCUT2D eigenvalue weighted by molar-refractivity contribution is 5.98. The number of carbonyl (C=O) groups excluding carboxylic acids is 1. The van der Waals surface area contributed by atoms with Crippen LogP contribution in [0.25, 0.3) is 0 Å². The van der Waals surface area contributed by atoms with E-state index in [9.17, 15) is 9.90 Å². The van der Waals surface area contributed by atoms with Crippen LogP contribution in [-0.2, 0) is 13.0 Å². The summed E-state index contributed by atoms with van der Waals surface area (Å²) in [5, 5.41) is 21.5. The summed E-state index contributed by atoms with van der Waals surface area (Å²) in [7, 11) is 0. The fraction of sp³-hybridized carbons (Fsp3) is 0.375. The van der Waals surface area contributed by atoms with Gasteiger partial charge in [0.15, 0.2) is 0 Å². The molecule has 2 aliphatic heterocycles. The topological polar surface area (TPSA) is 104 Å². The first kappa shape index (κ1) is 21.4. The Hall–Kier alpha value is -3.43. The Morgan fingerprint density at radius 3 is 2.79 bits per heavy atom. The molecule has 172 valence electrons. The van der Waals surface area contributed by atoms with Gasteiger partial charge in [-0.25, -0.2) is 0 Å². The lowest BCUT2D eigenvalue weighted by Crippen LogP contribution is -2.44. The molecule has 2 aromatic carbocycles. The summed E-state index contributed by atoms with van der Waals surface area (Å²) >= 11 is 0. The van der Waals surface area contributed by atoms with E-state index in [1.165, 1.54) is 11.1 Å². The Kier molecular flexibility index (Phi) is 5.97. The highest BCUT2D eigenvalue weighted by Crippen LogP contribution is 2.28. The first-order valence-electron chi connectivity index (χ1n) is 11.2. The van der Waals surface area contributed by atoms with Gasteiger partial charge in [-0.15, -0.1) is 5.10 Å². The largest absolute Gasteiger partial charge is 0.491 e. The number of aryl methyl sites for hydroxylation is 1. The second-order valence-electron chi connectivity index (χ2n) is 8.47.